The summed E-state index contributed by atoms with van der Waals surface area (Å²) < 4.78 is 0. The fourth-order valence-electron chi connectivity index (χ4n) is 0.876. The molecule has 0 fully saturated rings. The molecule has 0 saturated carbocycles. The highest BCUT2D eigenvalue weighted by molar-refractivity contribution is 5.87. The SMILES string of the molecule is CCCCC=CC(C)=C(C)C(=O)O. The zero-order valence-corrected chi connectivity index (χ0v) is 8.63. The van der Waals surface area contributed by atoms with Gasteiger partial charge in [-0.1, -0.05) is 31.9 Å². The Morgan fingerprint density at radius 3 is 2.46 bits per heavy atom. The summed E-state index contributed by atoms with van der Waals surface area (Å²) in [5, 5.41) is 8.66. The van der Waals surface area contributed by atoms with Crippen molar-refractivity contribution in [3.8, 4) is 0 Å². The monoisotopic (exact) mass is 182 g/mol. The maximum atomic E-state index is 10.5. The van der Waals surface area contributed by atoms with Crippen molar-refractivity contribution in [1.29, 1.82) is 0 Å². The highest BCUT2D eigenvalue weighted by atomic mass is 16.4. The third kappa shape index (κ3) is 5.23. The molecule has 0 saturated heterocycles. The van der Waals surface area contributed by atoms with Gasteiger partial charge in [-0.15, -0.1) is 0 Å². The van der Waals surface area contributed by atoms with Gasteiger partial charge in [0.1, 0.15) is 0 Å². The number of hydrogen-bond donors (Lipinski definition) is 1. The van der Waals surface area contributed by atoms with Crippen molar-refractivity contribution in [2.45, 2.75) is 40.0 Å². The number of carbonyl (C=O) groups is 1. The third-order valence-corrected chi connectivity index (χ3v) is 2.00. The maximum absolute atomic E-state index is 10.5. The van der Waals surface area contributed by atoms with Crippen LogP contribution in [-0.4, -0.2) is 11.1 Å². The molecule has 0 heterocycles. The van der Waals surface area contributed by atoms with E-state index in [0.717, 1.165) is 18.4 Å². The van der Waals surface area contributed by atoms with Crippen LogP contribution in [0.2, 0.25) is 0 Å². The Hall–Kier alpha value is -1.05. The Kier molecular flexibility index (Phi) is 5.94. The van der Waals surface area contributed by atoms with E-state index in [9.17, 15) is 4.79 Å². The van der Waals surface area contributed by atoms with Crippen LogP contribution in [0.1, 0.15) is 40.0 Å². The molecule has 0 unspecified atom stereocenters. The van der Waals surface area contributed by atoms with E-state index in [1.165, 1.54) is 6.42 Å². The van der Waals surface area contributed by atoms with Crippen LogP contribution >= 0.6 is 0 Å². The van der Waals surface area contributed by atoms with Crippen LogP contribution in [0.4, 0.5) is 0 Å². The number of allylic oxidation sites excluding steroid dienone is 3. The van der Waals surface area contributed by atoms with Crippen LogP contribution in [0.15, 0.2) is 23.3 Å². The van der Waals surface area contributed by atoms with Crippen molar-refractivity contribution in [1.82, 2.24) is 0 Å². The summed E-state index contributed by atoms with van der Waals surface area (Å²) in [7, 11) is 0. The molecule has 1 N–H and O–H groups in total. The minimum absolute atomic E-state index is 0.424. The van der Waals surface area contributed by atoms with Gasteiger partial charge in [-0.05, 0) is 25.8 Å². The summed E-state index contributed by atoms with van der Waals surface area (Å²) >= 11 is 0. The minimum atomic E-state index is -0.836. The van der Waals surface area contributed by atoms with Crippen LogP contribution in [0.3, 0.4) is 0 Å². The van der Waals surface area contributed by atoms with E-state index < -0.39 is 5.97 Å². The standard InChI is InChI=1S/C11H18O2/c1-4-5-6-7-8-9(2)10(3)11(12)13/h7-8H,4-6H2,1-3H3,(H,12,13). The number of carboxylic acid groups (broad SMARTS) is 1. The Labute approximate surface area is 80.0 Å². The number of unbranched alkanes of at least 4 members (excludes halogenated alkanes) is 2. The van der Waals surface area contributed by atoms with Gasteiger partial charge in [0.05, 0.1) is 0 Å². The second-order valence-corrected chi connectivity index (χ2v) is 3.16. The molecule has 0 aromatic rings. The average molecular weight is 182 g/mol. The fourth-order valence-corrected chi connectivity index (χ4v) is 0.876. The van der Waals surface area contributed by atoms with Gasteiger partial charge in [-0.2, -0.15) is 0 Å². The molecule has 0 aliphatic rings. The first-order valence-corrected chi connectivity index (χ1v) is 4.67. The van der Waals surface area contributed by atoms with E-state index >= 15 is 0 Å². The van der Waals surface area contributed by atoms with Gasteiger partial charge in [0, 0.05) is 5.57 Å². The van der Waals surface area contributed by atoms with Crippen LogP contribution < -0.4 is 0 Å². The summed E-state index contributed by atoms with van der Waals surface area (Å²) in [5.74, 6) is -0.836. The predicted octanol–water partition coefficient (Wildman–Crippen LogP) is 3.15. The van der Waals surface area contributed by atoms with Gasteiger partial charge in [0.2, 0.25) is 0 Å². The molecule has 0 aliphatic carbocycles. The summed E-state index contributed by atoms with van der Waals surface area (Å²) in [6, 6.07) is 0. The van der Waals surface area contributed by atoms with E-state index in [1.54, 1.807) is 6.92 Å². The molecule has 0 radical (unpaired) electrons. The third-order valence-electron chi connectivity index (χ3n) is 2.00. The van der Waals surface area contributed by atoms with Crippen LogP contribution in [-0.2, 0) is 4.79 Å². The Balaban J connectivity index is 4.11. The van der Waals surface area contributed by atoms with Crippen molar-refractivity contribution in [2.24, 2.45) is 0 Å². The number of aliphatic carboxylic acids is 1. The molecule has 2 heteroatoms. The largest absolute Gasteiger partial charge is 0.478 e. The number of rotatable bonds is 5. The molecule has 0 spiro atoms. The first-order chi connectivity index (χ1) is 6.09. The minimum Gasteiger partial charge on any atom is -0.478 e. The number of carboxylic acids is 1. The maximum Gasteiger partial charge on any atom is 0.331 e. The van der Waals surface area contributed by atoms with Gasteiger partial charge < -0.3 is 5.11 Å². The lowest BCUT2D eigenvalue weighted by molar-refractivity contribution is -0.132. The zero-order chi connectivity index (χ0) is 10.3. The van der Waals surface area contributed by atoms with Gasteiger partial charge in [0.15, 0.2) is 0 Å². The summed E-state index contributed by atoms with van der Waals surface area (Å²) in [6.07, 6.45) is 7.28. The molecule has 0 aliphatic heterocycles. The highest BCUT2D eigenvalue weighted by Gasteiger charge is 2.01. The Bertz CT molecular complexity index is 224. The summed E-state index contributed by atoms with van der Waals surface area (Å²) in [5.41, 5.74) is 1.26. The molecule has 0 amide bonds. The lowest BCUT2D eigenvalue weighted by atomic mass is 10.1. The van der Waals surface area contributed by atoms with Gasteiger partial charge >= 0.3 is 5.97 Å². The molecule has 0 rings (SSSR count). The summed E-state index contributed by atoms with van der Waals surface area (Å²) in [4.78, 5) is 10.5. The topological polar surface area (TPSA) is 37.3 Å². The average Bonchev–Trinajstić information content (AvgIpc) is 2.10. The van der Waals surface area contributed by atoms with Gasteiger partial charge in [-0.3, -0.25) is 0 Å². The molecule has 0 atom stereocenters. The second-order valence-electron chi connectivity index (χ2n) is 3.16. The smallest absolute Gasteiger partial charge is 0.331 e. The highest BCUT2D eigenvalue weighted by Crippen LogP contribution is 2.06. The van der Waals surface area contributed by atoms with Crippen molar-refractivity contribution in [3.63, 3.8) is 0 Å². The van der Waals surface area contributed by atoms with Gasteiger partial charge in [-0.25, -0.2) is 4.79 Å². The molecule has 0 aromatic heterocycles. The van der Waals surface area contributed by atoms with E-state index in [1.807, 2.05) is 19.1 Å². The first kappa shape index (κ1) is 11.9. The predicted molar refractivity (Wildman–Crippen MR) is 54.7 cm³/mol. The van der Waals surface area contributed by atoms with Crippen molar-refractivity contribution in [2.75, 3.05) is 0 Å². The number of hydrogen-bond acceptors (Lipinski definition) is 1. The van der Waals surface area contributed by atoms with Crippen LogP contribution in [0, 0.1) is 0 Å². The molecule has 13 heavy (non-hydrogen) atoms. The van der Waals surface area contributed by atoms with E-state index in [-0.39, 0.29) is 0 Å². The lowest BCUT2D eigenvalue weighted by Crippen LogP contribution is -1.97. The van der Waals surface area contributed by atoms with E-state index in [2.05, 4.69) is 6.92 Å². The van der Waals surface area contributed by atoms with Crippen LogP contribution in [0.5, 0.6) is 0 Å². The summed E-state index contributed by atoms with van der Waals surface area (Å²) in [6.45, 7) is 5.59. The molecule has 0 bridgehead atoms. The quantitative estimate of drug-likeness (QED) is 0.403. The zero-order valence-electron chi connectivity index (χ0n) is 8.63. The fraction of sp³-hybridized carbons (Fsp3) is 0.545. The normalized spacial score (nSPS) is 13.2. The first-order valence-electron chi connectivity index (χ1n) is 4.67. The molecule has 2 nitrogen and oxygen atoms in total. The Morgan fingerprint density at radius 2 is 2.00 bits per heavy atom. The van der Waals surface area contributed by atoms with Gasteiger partial charge in [0.25, 0.3) is 0 Å². The lowest BCUT2D eigenvalue weighted by Gasteiger charge is -1.96. The van der Waals surface area contributed by atoms with E-state index in [0.29, 0.717) is 5.57 Å². The second kappa shape index (κ2) is 6.46. The van der Waals surface area contributed by atoms with Crippen molar-refractivity contribution < 1.29 is 9.90 Å². The molecule has 0 aromatic carbocycles. The van der Waals surface area contributed by atoms with Crippen molar-refractivity contribution in [3.05, 3.63) is 23.3 Å². The van der Waals surface area contributed by atoms with E-state index in [4.69, 9.17) is 5.11 Å². The van der Waals surface area contributed by atoms with Crippen molar-refractivity contribution >= 4 is 5.97 Å². The van der Waals surface area contributed by atoms with Crippen LogP contribution in [0.25, 0.3) is 0 Å². The molecular weight excluding hydrogens is 164 g/mol. The molecular formula is C11H18O2. The molecule has 74 valence electrons. The Morgan fingerprint density at radius 1 is 1.38 bits per heavy atom.